The monoisotopic (exact) mass is 178 g/mol. The molecule has 1 heterocycles. The van der Waals surface area contributed by atoms with Gasteiger partial charge in [-0.3, -0.25) is 9.78 Å². The number of ketones is 1. The summed E-state index contributed by atoms with van der Waals surface area (Å²) in [5, 5.41) is 0. The van der Waals surface area contributed by atoms with E-state index >= 15 is 0 Å². The van der Waals surface area contributed by atoms with Gasteiger partial charge in [-0.2, -0.15) is 0 Å². The zero-order valence-electron chi connectivity index (χ0n) is 8.03. The topological polar surface area (TPSA) is 33.2 Å². The summed E-state index contributed by atoms with van der Waals surface area (Å²) in [4.78, 5) is 17.4. The van der Waals surface area contributed by atoms with Gasteiger partial charge in [-0.15, -0.1) is 0 Å². The Labute approximate surface area is 78.4 Å². The maximum absolute atomic E-state index is 11.5. The highest BCUT2D eigenvalue weighted by molar-refractivity contribution is 5.95. The van der Waals surface area contributed by atoms with E-state index in [0.29, 0.717) is 6.42 Å². The molecule has 1 rings (SSSR count). The molecule has 0 N–H and O–H groups in total. The molecule has 0 saturated carbocycles. The Kier molecular flexibility index (Phi) is 3.58. The molecule has 0 unspecified atom stereocenters. The van der Waals surface area contributed by atoms with Crippen LogP contribution in [0.2, 0.25) is 0 Å². The second kappa shape index (κ2) is 4.72. The largest absolute Gasteiger partial charge is 0.309 e. The van der Waals surface area contributed by atoms with Crippen LogP contribution in [-0.2, 0) is 0 Å². The van der Waals surface area contributed by atoms with E-state index < -0.39 is 0 Å². The molecule has 0 radical (unpaired) electrons. The van der Waals surface area contributed by atoms with E-state index in [9.17, 15) is 4.79 Å². The molecular weight excluding hydrogens is 164 g/mol. The van der Waals surface area contributed by atoms with Gasteiger partial charge in [0.15, 0.2) is 5.78 Å². The first-order chi connectivity index (χ1) is 6.20. The van der Waals surface area contributed by atoms with Crippen LogP contribution >= 0.6 is 0 Å². The van der Waals surface area contributed by atoms with Crippen LogP contribution in [-0.4, -0.2) is 36.3 Å². The molecule has 0 aromatic carbocycles. The van der Waals surface area contributed by atoms with Crippen molar-refractivity contribution in [2.24, 2.45) is 0 Å². The molecule has 70 valence electrons. The Hall–Kier alpha value is -1.22. The summed E-state index contributed by atoms with van der Waals surface area (Å²) in [7, 11) is 3.92. The number of pyridine rings is 1. The number of carbonyl (C=O) groups is 1. The molecule has 0 aliphatic heterocycles. The lowest BCUT2D eigenvalue weighted by atomic mass is 10.1. The summed E-state index contributed by atoms with van der Waals surface area (Å²) in [6.45, 7) is 0.793. The second-order valence-electron chi connectivity index (χ2n) is 3.21. The van der Waals surface area contributed by atoms with Crippen molar-refractivity contribution in [3.63, 3.8) is 0 Å². The third-order valence-electron chi connectivity index (χ3n) is 1.79. The molecule has 3 nitrogen and oxygen atoms in total. The van der Waals surface area contributed by atoms with Crippen molar-refractivity contribution in [1.82, 2.24) is 9.88 Å². The Morgan fingerprint density at radius 2 is 2.00 bits per heavy atom. The van der Waals surface area contributed by atoms with Crippen molar-refractivity contribution < 1.29 is 4.79 Å². The first-order valence-corrected chi connectivity index (χ1v) is 4.28. The van der Waals surface area contributed by atoms with E-state index in [4.69, 9.17) is 0 Å². The van der Waals surface area contributed by atoms with Gasteiger partial charge in [0, 0.05) is 30.9 Å². The maximum atomic E-state index is 11.5. The lowest BCUT2D eigenvalue weighted by Crippen LogP contribution is -2.16. The fourth-order valence-electron chi connectivity index (χ4n) is 1.01. The average molecular weight is 178 g/mol. The standard InChI is InChI=1S/C10H14N2O/c1-12(2)8-5-10(13)9-3-6-11-7-4-9/h3-4,6-7H,5,8H2,1-2H3. The average Bonchev–Trinajstić information content (AvgIpc) is 2.15. The van der Waals surface area contributed by atoms with Crippen molar-refractivity contribution in [2.75, 3.05) is 20.6 Å². The van der Waals surface area contributed by atoms with Gasteiger partial charge in [0.25, 0.3) is 0 Å². The molecule has 0 amide bonds. The molecule has 0 saturated heterocycles. The van der Waals surface area contributed by atoms with Gasteiger partial charge in [-0.05, 0) is 26.2 Å². The highest BCUT2D eigenvalue weighted by Crippen LogP contribution is 2.01. The minimum absolute atomic E-state index is 0.177. The van der Waals surface area contributed by atoms with Crippen LogP contribution in [0.1, 0.15) is 16.8 Å². The third-order valence-corrected chi connectivity index (χ3v) is 1.79. The zero-order chi connectivity index (χ0) is 9.68. The Bertz CT molecular complexity index is 270. The minimum Gasteiger partial charge on any atom is -0.309 e. The molecule has 0 aliphatic carbocycles. The summed E-state index contributed by atoms with van der Waals surface area (Å²) < 4.78 is 0. The van der Waals surface area contributed by atoms with Crippen LogP contribution in [0, 0.1) is 0 Å². The molecular formula is C10H14N2O. The number of carbonyl (C=O) groups excluding carboxylic acids is 1. The summed E-state index contributed by atoms with van der Waals surface area (Å²) in [5.41, 5.74) is 0.747. The molecule has 13 heavy (non-hydrogen) atoms. The first-order valence-electron chi connectivity index (χ1n) is 4.28. The summed E-state index contributed by atoms with van der Waals surface area (Å²) in [6.07, 6.45) is 3.85. The van der Waals surface area contributed by atoms with Crippen LogP contribution < -0.4 is 0 Å². The number of aromatic nitrogens is 1. The Morgan fingerprint density at radius 3 is 2.54 bits per heavy atom. The molecule has 0 spiro atoms. The van der Waals surface area contributed by atoms with E-state index in [0.717, 1.165) is 12.1 Å². The van der Waals surface area contributed by atoms with E-state index in [1.54, 1.807) is 24.5 Å². The van der Waals surface area contributed by atoms with Gasteiger partial charge in [0.1, 0.15) is 0 Å². The van der Waals surface area contributed by atoms with E-state index in [2.05, 4.69) is 4.98 Å². The van der Waals surface area contributed by atoms with Crippen LogP contribution in [0.5, 0.6) is 0 Å². The van der Waals surface area contributed by atoms with E-state index in [1.165, 1.54) is 0 Å². The van der Waals surface area contributed by atoms with Crippen molar-refractivity contribution in [1.29, 1.82) is 0 Å². The molecule has 1 aromatic heterocycles. The van der Waals surface area contributed by atoms with Crippen LogP contribution in [0.15, 0.2) is 24.5 Å². The summed E-state index contributed by atoms with van der Waals surface area (Å²) in [6, 6.07) is 3.50. The SMILES string of the molecule is CN(C)CCC(=O)c1ccncc1. The van der Waals surface area contributed by atoms with Gasteiger partial charge in [0.2, 0.25) is 0 Å². The van der Waals surface area contributed by atoms with Gasteiger partial charge >= 0.3 is 0 Å². The Morgan fingerprint density at radius 1 is 1.38 bits per heavy atom. The third kappa shape index (κ3) is 3.34. The van der Waals surface area contributed by atoms with Crippen molar-refractivity contribution >= 4 is 5.78 Å². The fraction of sp³-hybridized carbons (Fsp3) is 0.400. The second-order valence-corrected chi connectivity index (χ2v) is 3.21. The molecule has 3 heteroatoms. The molecule has 0 atom stereocenters. The number of Topliss-reactive ketones (excluding diaryl/α,β-unsaturated/α-hetero) is 1. The zero-order valence-corrected chi connectivity index (χ0v) is 8.03. The summed E-state index contributed by atoms with van der Waals surface area (Å²) in [5.74, 6) is 0.177. The van der Waals surface area contributed by atoms with Crippen LogP contribution in [0.4, 0.5) is 0 Å². The summed E-state index contributed by atoms with van der Waals surface area (Å²) >= 11 is 0. The number of hydrogen-bond donors (Lipinski definition) is 0. The fourth-order valence-corrected chi connectivity index (χ4v) is 1.01. The lowest BCUT2D eigenvalue weighted by Gasteiger charge is -2.07. The quantitative estimate of drug-likeness (QED) is 0.650. The van der Waals surface area contributed by atoms with Crippen molar-refractivity contribution in [2.45, 2.75) is 6.42 Å². The lowest BCUT2D eigenvalue weighted by molar-refractivity contribution is 0.0972. The Balaban J connectivity index is 2.50. The number of rotatable bonds is 4. The molecule has 0 fully saturated rings. The van der Waals surface area contributed by atoms with E-state index in [1.807, 2.05) is 19.0 Å². The predicted octanol–water partition coefficient (Wildman–Crippen LogP) is 1.22. The van der Waals surface area contributed by atoms with Crippen LogP contribution in [0.3, 0.4) is 0 Å². The number of nitrogens with zero attached hydrogens (tertiary/aromatic N) is 2. The molecule has 0 aliphatic rings. The predicted molar refractivity (Wildman–Crippen MR) is 51.7 cm³/mol. The van der Waals surface area contributed by atoms with Gasteiger partial charge < -0.3 is 4.90 Å². The first kappa shape index (κ1) is 9.86. The highest BCUT2D eigenvalue weighted by atomic mass is 16.1. The molecule has 1 aromatic rings. The normalized spacial score (nSPS) is 10.4. The van der Waals surface area contributed by atoms with Crippen molar-refractivity contribution in [3.05, 3.63) is 30.1 Å². The highest BCUT2D eigenvalue weighted by Gasteiger charge is 2.04. The van der Waals surface area contributed by atoms with Crippen molar-refractivity contribution in [3.8, 4) is 0 Å². The van der Waals surface area contributed by atoms with Gasteiger partial charge in [0.05, 0.1) is 0 Å². The number of hydrogen-bond acceptors (Lipinski definition) is 3. The minimum atomic E-state index is 0.177. The maximum Gasteiger partial charge on any atom is 0.164 e. The smallest absolute Gasteiger partial charge is 0.164 e. The van der Waals surface area contributed by atoms with Gasteiger partial charge in [-0.1, -0.05) is 0 Å². The van der Waals surface area contributed by atoms with E-state index in [-0.39, 0.29) is 5.78 Å². The van der Waals surface area contributed by atoms with Gasteiger partial charge in [-0.25, -0.2) is 0 Å². The molecule has 0 bridgehead atoms. The van der Waals surface area contributed by atoms with Crippen LogP contribution in [0.25, 0.3) is 0 Å².